The molecule has 150 valence electrons. The van der Waals surface area contributed by atoms with Crippen LogP contribution in [0.3, 0.4) is 0 Å². The van der Waals surface area contributed by atoms with Gasteiger partial charge in [-0.25, -0.2) is 4.98 Å². The molecule has 0 radical (unpaired) electrons. The number of halogens is 3. The Morgan fingerprint density at radius 3 is 2.57 bits per heavy atom. The van der Waals surface area contributed by atoms with Crippen molar-refractivity contribution >= 4 is 68.1 Å². The van der Waals surface area contributed by atoms with Gasteiger partial charge in [0.1, 0.15) is 5.58 Å². The van der Waals surface area contributed by atoms with Crippen LogP contribution in [-0.2, 0) is 0 Å². The van der Waals surface area contributed by atoms with Gasteiger partial charge in [0, 0.05) is 16.6 Å². The fourth-order valence-electron chi connectivity index (χ4n) is 3.62. The fraction of sp³-hybridized carbons (Fsp3) is 0.0952. The molecule has 4 aromatic rings. The van der Waals surface area contributed by atoms with Crippen LogP contribution in [0.1, 0.15) is 33.3 Å². The maximum absolute atomic E-state index is 13.5. The summed E-state index contributed by atoms with van der Waals surface area (Å²) in [5.74, 6) is -0.455. The molecule has 0 aliphatic carbocycles. The first-order chi connectivity index (χ1) is 14.4. The molecule has 0 bridgehead atoms. The van der Waals surface area contributed by atoms with E-state index in [2.05, 4.69) is 4.98 Å². The van der Waals surface area contributed by atoms with Gasteiger partial charge in [0.2, 0.25) is 5.76 Å². The summed E-state index contributed by atoms with van der Waals surface area (Å²) in [6, 6.07) is 7.48. The number of nitrogens with zero attached hydrogens (tertiary/aromatic N) is 2. The second kappa shape index (κ2) is 7.10. The van der Waals surface area contributed by atoms with Gasteiger partial charge in [0.05, 0.1) is 27.0 Å². The summed E-state index contributed by atoms with van der Waals surface area (Å²) < 4.78 is 5.94. The maximum atomic E-state index is 13.5. The lowest BCUT2D eigenvalue weighted by molar-refractivity contribution is 0.0971. The first kappa shape index (κ1) is 19.6. The molecule has 3 heterocycles. The van der Waals surface area contributed by atoms with Crippen LogP contribution in [0.2, 0.25) is 15.1 Å². The molecule has 1 aliphatic heterocycles. The summed E-state index contributed by atoms with van der Waals surface area (Å²) in [4.78, 5) is 32.6. The van der Waals surface area contributed by atoms with Crippen LogP contribution < -0.4 is 10.3 Å². The summed E-state index contributed by atoms with van der Waals surface area (Å²) in [5, 5.41) is 3.65. The number of carbonyl (C=O) groups excluding carboxylic acids is 1. The third-order valence-corrected chi connectivity index (χ3v) is 6.95. The van der Waals surface area contributed by atoms with Crippen LogP contribution >= 0.6 is 46.1 Å². The van der Waals surface area contributed by atoms with Crippen LogP contribution in [0.25, 0.3) is 11.0 Å². The Labute approximate surface area is 189 Å². The van der Waals surface area contributed by atoms with Gasteiger partial charge in [-0.2, -0.15) is 0 Å². The normalized spacial score (nSPS) is 15.8. The summed E-state index contributed by atoms with van der Waals surface area (Å²) >= 11 is 19.8. The van der Waals surface area contributed by atoms with E-state index in [4.69, 9.17) is 39.2 Å². The molecule has 1 aliphatic rings. The van der Waals surface area contributed by atoms with Gasteiger partial charge in [0.25, 0.3) is 5.91 Å². The number of anilines is 1. The Kier molecular flexibility index (Phi) is 4.63. The summed E-state index contributed by atoms with van der Waals surface area (Å²) in [7, 11) is 0. The number of amides is 1. The van der Waals surface area contributed by atoms with E-state index in [9.17, 15) is 9.59 Å². The largest absolute Gasteiger partial charge is 0.450 e. The van der Waals surface area contributed by atoms with Crippen LogP contribution in [0, 0.1) is 6.92 Å². The van der Waals surface area contributed by atoms with Crippen LogP contribution in [0.5, 0.6) is 0 Å². The van der Waals surface area contributed by atoms with Crippen molar-refractivity contribution in [1.82, 2.24) is 4.98 Å². The van der Waals surface area contributed by atoms with Crippen molar-refractivity contribution < 1.29 is 9.21 Å². The predicted octanol–water partition coefficient (Wildman–Crippen LogP) is 6.27. The molecule has 0 saturated carbocycles. The molecular formula is C21H11Cl3N2O3S. The lowest BCUT2D eigenvalue weighted by Crippen LogP contribution is -2.29. The average molecular weight is 478 g/mol. The van der Waals surface area contributed by atoms with Crippen LogP contribution in [-0.4, -0.2) is 10.9 Å². The number of aryl methyl sites for hydroxylation is 1. The molecule has 0 saturated heterocycles. The Hall–Kier alpha value is -2.38. The molecule has 5 rings (SSSR count). The highest BCUT2D eigenvalue weighted by Gasteiger charge is 2.44. The number of carbonyl (C=O) groups is 1. The number of aromatic nitrogens is 1. The highest BCUT2D eigenvalue weighted by atomic mass is 35.5. The molecule has 30 heavy (non-hydrogen) atoms. The van der Waals surface area contributed by atoms with Crippen LogP contribution in [0.15, 0.2) is 51.1 Å². The van der Waals surface area contributed by atoms with E-state index < -0.39 is 11.9 Å². The molecule has 2 aromatic heterocycles. The molecule has 2 aromatic carbocycles. The molecule has 0 spiro atoms. The lowest BCUT2D eigenvalue weighted by atomic mass is 9.98. The van der Waals surface area contributed by atoms with E-state index in [1.807, 2.05) is 0 Å². The number of rotatable bonds is 2. The zero-order chi connectivity index (χ0) is 21.2. The van der Waals surface area contributed by atoms with Gasteiger partial charge in [-0.1, -0.05) is 40.9 Å². The van der Waals surface area contributed by atoms with Crippen molar-refractivity contribution in [2.75, 3.05) is 4.90 Å². The first-order valence-electron chi connectivity index (χ1n) is 8.81. The summed E-state index contributed by atoms with van der Waals surface area (Å²) in [6.07, 6.45) is 1.59. The van der Waals surface area contributed by atoms with Crippen molar-refractivity contribution in [1.29, 1.82) is 0 Å². The van der Waals surface area contributed by atoms with Crippen molar-refractivity contribution in [3.63, 3.8) is 0 Å². The monoisotopic (exact) mass is 476 g/mol. The van der Waals surface area contributed by atoms with E-state index in [-0.39, 0.29) is 16.8 Å². The van der Waals surface area contributed by atoms with Gasteiger partial charge >= 0.3 is 0 Å². The quantitative estimate of drug-likeness (QED) is 0.341. The molecule has 1 amide bonds. The smallest absolute Gasteiger partial charge is 0.297 e. The van der Waals surface area contributed by atoms with Gasteiger partial charge in [-0.05, 0) is 42.3 Å². The molecule has 1 unspecified atom stereocenters. The van der Waals surface area contributed by atoms with Crippen molar-refractivity contribution in [3.8, 4) is 0 Å². The van der Waals surface area contributed by atoms with Crippen molar-refractivity contribution in [2.24, 2.45) is 0 Å². The number of fused-ring (bicyclic) bond motifs is 2. The zero-order valence-electron chi connectivity index (χ0n) is 15.3. The minimum Gasteiger partial charge on any atom is -0.450 e. The van der Waals surface area contributed by atoms with Gasteiger partial charge in [0.15, 0.2) is 10.6 Å². The van der Waals surface area contributed by atoms with Crippen molar-refractivity contribution in [2.45, 2.75) is 13.0 Å². The standard InChI is InChI=1S/C21H11Cl3N2O3S/c1-9-6-15-11(8-13(9)23)18(27)16-17(10-2-3-12(22)14(24)7-10)26(20(28)19(16)29-15)21-25-4-5-30-21/h2-8,17H,1H3. The topological polar surface area (TPSA) is 63.4 Å². The van der Waals surface area contributed by atoms with Gasteiger partial charge < -0.3 is 4.42 Å². The highest BCUT2D eigenvalue weighted by Crippen LogP contribution is 2.43. The molecule has 0 N–H and O–H groups in total. The number of thiazole rings is 1. The van der Waals surface area contributed by atoms with E-state index >= 15 is 0 Å². The predicted molar refractivity (Wildman–Crippen MR) is 119 cm³/mol. The van der Waals surface area contributed by atoms with Crippen molar-refractivity contribution in [3.05, 3.63) is 89.7 Å². The maximum Gasteiger partial charge on any atom is 0.297 e. The first-order valence-corrected chi connectivity index (χ1v) is 10.8. The molecular weight excluding hydrogens is 467 g/mol. The molecule has 1 atom stereocenters. The third-order valence-electron chi connectivity index (χ3n) is 5.04. The van der Waals surface area contributed by atoms with E-state index in [0.717, 1.165) is 5.56 Å². The minimum atomic E-state index is -0.755. The molecule has 9 heteroatoms. The Bertz CT molecular complexity index is 1400. The van der Waals surface area contributed by atoms with Gasteiger partial charge in [-0.15, -0.1) is 11.3 Å². The average Bonchev–Trinajstić information content (AvgIpc) is 3.33. The SMILES string of the molecule is Cc1cc2oc3c(c(=O)c2cc1Cl)C(c1ccc(Cl)c(Cl)c1)N(c1nccs1)C3=O. The highest BCUT2D eigenvalue weighted by molar-refractivity contribution is 7.13. The van der Waals surface area contributed by atoms with E-state index in [1.165, 1.54) is 16.2 Å². The van der Waals surface area contributed by atoms with E-state index in [1.54, 1.807) is 48.8 Å². The fourth-order valence-corrected chi connectivity index (χ4v) is 4.76. The number of hydrogen-bond acceptors (Lipinski definition) is 5. The summed E-state index contributed by atoms with van der Waals surface area (Å²) in [6.45, 7) is 1.80. The molecule has 5 nitrogen and oxygen atoms in total. The van der Waals surface area contributed by atoms with Gasteiger partial charge in [-0.3, -0.25) is 14.5 Å². The lowest BCUT2D eigenvalue weighted by Gasteiger charge is -2.22. The Morgan fingerprint density at radius 2 is 1.87 bits per heavy atom. The Balaban J connectivity index is 1.85. The number of benzene rings is 2. The third kappa shape index (κ3) is 2.87. The minimum absolute atomic E-state index is 0.0134. The second-order valence-corrected chi connectivity index (χ2v) is 8.93. The van der Waals surface area contributed by atoms with E-state index in [0.29, 0.717) is 36.7 Å². The van der Waals surface area contributed by atoms with Crippen LogP contribution in [0.4, 0.5) is 5.13 Å². The zero-order valence-corrected chi connectivity index (χ0v) is 18.4. The molecule has 0 fully saturated rings. The Morgan fingerprint density at radius 1 is 1.07 bits per heavy atom. The number of hydrogen-bond donors (Lipinski definition) is 0. The summed E-state index contributed by atoms with van der Waals surface area (Å²) in [5.41, 5.74) is 1.58. The second-order valence-electron chi connectivity index (χ2n) is 6.84.